The van der Waals surface area contributed by atoms with Crippen molar-refractivity contribution in [1.29, 1.82) is 0 Å². The van der Waals surface area contributed by atoms with Crippen molar-refractivity contribution >= 4 is 32.7 Å². The third kappa shape index (κ3) is 5.56. The van der Waals surface area contributed by atoms with Crippen LogP contribution in [0.1, 0.15) is 5.56 Å². The molecule has 5 heteroatoms. The van der Waals surface area contributed by atoms with Gasteiger partial charge in [-0.05, 0) is 58.4 Å². The summed E-state index contributed by atoms with van der Waals surface area (Å²) in [6.07, 6.45) is 3.61. The molecule has 0 saturated carbocycles. The molecule has 0 spiro atoms. The van der Waals surface area contributed by atoms with E-state index in [4.69, 9.17) is 4.42 Å². The average Bonchev–Trinajstić information content (AvgIpc) is 3.45. The predicted molar refractivity (Wildman–Crippen MR) is 172 cm³/mol. The Morgan fingerprint density at radius 3 is 2.25 bits per heavy atom. The summed E-state index contributed by atoms with van der Waals surface area (Å²) in [5.74, 6) is -0.304. The Kier molecular flexibility index (Phi) is 8.42. The fraction of sp³-hybridized carbons (Fsp3) is 0.0256. The number of furan rings is 1. The molecule has 0 aliphatic rings. The van der Waals surface area contributed by atoms with E-state index in [0.717, 1.165) is 49.6 Å². The summed E-state index contributed by atoms with van der Waals surface area (Å²) in [7, 11) is 0. The molecule has 0 aliphatic carbocycles. The number of fused-ring (bicyclic) bond motifs is 4. The summed E-state index contributed by atoms with van der Waals surface area (Å²) in [5, 5.41) is 3.85. The van der Waals surface area contributed by atoms with E-state index in [2.05, 4.69) is 28.2 Å². The van der Waals surface area contributed by atoms with E-state index in [1.165, 1.54) is 11.6 Å². The zero-order valence-corrected chi connectivity index (χ0v) is 26.1. The largest absolute Gasteiger partial charge is 0.500 e. The molecule has 3 heterocycles. The van der Waals surface area contributed by atoms with Gasteiger partial charge in [0.15, 0.2) is 0 Å². The SMILES string of the molecule is Cc1ccc(-c2[c-]cccc2)nc1.Fc1ccc2c(oc3c(-c4ccccn4)[c-]ccc32)c1-c1cccc2ccccc12.[Ir]. The van der Waals surface area contributed by atoms with Crippen molar-refractivity contribution in [3.05, 3.63) is 157 Å². The van der Waals surface area contributed by atoms with Gasteiger partial charge in [-0.25, -0.2) is 4.39 Å². The average molecular weight is 749 g/mol. The summed E-state index contributed by atoms with van der Waals surface area (Å²) in [6.45, 7) is 2.03. The summed E-state index contributed by atoms with van der Waals surface area (Å²) < 4.78 is 21.5. The molecule has 44 heavy (non-hydrogen) atoms. The molecule has 0 atom stereocenters. The van der Waals surface area contributed by atoms with E-state index < -0.39 is 0 Å². The summed E-state index contributed by atoms with van der Waals surface area (Å²) in [4.78, 5) is 8.76. The number of benzene rings is 5. The number of nitrogens with zero attached hydrogens (tertiary/aromatic N) is 2. The van der Waals surface area contributed by atoms with Gasteiger partial charge in [0.1, 0.15) is 11.4 Å². The fourth-order valence-corrected chi connectivity index (χ4v) is 5.36. The van der Waals surface area contributed by atoms with Gasteiger partial charge in [-0.2, -0.15) is 0 Å². The van der Waals surface area contributed by atoms with Crippen LogP contribution < -0.4 is 0 Å². The Morgan fingerprint density at radius 1 is 0.636 bits per heavy atom. The quantitative estimate of drug-likeness (QED) is 0.169. The summed E-state index contributed by atoms with van der Waals surface area (Å²) in [6, 6.07) is 45.1. The molecule has 0 bridgehead atoms. The minimum absolute atomic E-state index is 0. The zero-order valence-electron chi connectivity index (χ0n) is 23.7. The molecule has 0 fully saturated rings. The van der Waals surface area contributed by atoms with Crippen molar-refractivity contribution in [2.24, 2.45) is 0 Å². The maximum absolute atomic E-state index is 15.2. The van der Waals surface area contributed by atoms with E-state index >= 15 is 4.39 Å². The zero-order chi connectivity index (χ0) is 29.2. The number of aryl methyl sites for hydroxylation is 1. The van der Waals surface area contributed by atoms with Crippen molar-refractivity contribution in [2.45, 2.75) is 6.92 Å². The van der Waals surface area contributed by atoms with E-state index in [-0.39, 0.29) is 25.9 Å². The van der Waals surface area contributed by atoms with Gasteiger partial charge in [0.2, 0.25) is 0 Å². The minimum Gasteiger partial charge on any atom is -0.500 e. The van der Waals surface area contributed by atoms with Crippen LogP contribution in [0, 0.1) is 24.9 Å². The van der Waals surface area contributed by atoms with Crippen molar-refractivity contribution in [1.82, 2.24) is 9.97 Å². The van der Waals surface area contributed by atoms with Crippen LogP contribution in [-0.2, 0) is 20.1 Å². The molecule has 0 amide bonds. The Labute approximate surface area is 268 Å². The van der Waals surface area contributed by atoms with E-state index in [1.54, 1.807) is 12.3 Å². The maximum Gasteiger partial charge on any atom is 0.134 e. The monoisotopic (exact) mass is 749 g/mol. The third-order valence-corrected chi connectivity index (χ3v) is 7.43. The molecule has 1 radical (unpaired) electrons. The third-order valence-electron chi connectivity index (χ3n) is 7.43. The smallest absolute Gasteiger partial charge is 0.134 e. The van der Waals surface area contributed by atoms with Crippen molar-refractivity contribution in [3.63, 3.8) is 0 Å². The molecular formula is C39H25FIrN2O-2. The number of aromatic nitrogens is 2. The first-order valence-corrected chi connectivity index (χ1v) is 14.0. The molecule has 215 valence electrons. The van der Waals surface area contributed by atoms with E-state index in [1.807, 2.05) is 116 Å². The van der Waals surface area contributed by atoms with Crippen LogP contribution in [0.4, 0.5) is 4.39 Å². The first kappa shape index (κ1) is 29.1. The second kappa shape index (κ2) is 12.7. The normalized spacial score (nSPS) is 10.8. The van der Waals surface area contributed by atoms with Crippen LogP contribution in [-0.4, -0.2) is 9.97 Å². The summed E-state index contributed by atoms with van der Waals surface area (Å²) >= 11 is 0. The predicted octanol–water partition coefficient (Wildman–Crippen LogP) is 10.3. The Morgan fingerprint density at radius 2 is 1.45 bits per heavy atom. The van der Waals surface area contributed by atoms with Gasteiger partial charge in [0.05, 0.1) is 11.1 Å². The van der Waals surface area contributed by atoms with Gasteiger partial charge < -0.3 is 14.4 Å². The van der Waals surface area contributed by atoms with Crippen LogP contribution in [0.15, 0.2) is 138 Å². The van der Waals surface area contributed by atoms with Gasteiger partial charge in [0.25, 0.3) is 0 Å². The Hall–Kier alpha value is -4.96. The van der Waals surface area contributed by atoms with Gasteiger partial charge in [-0.15, -0.1) is 54.1 Å². The molecular weight excluding hydrogens is 724 g/mol. The topological polar surface area (TPSA) is 38.9 Å². The van der Waals surface area contributed by atoms with Crippen LogP contribution in [0.5, 0.6) is 0 Å². The van der Waals surface area contributed by atoms with Crippen molar-refractivity contribution in [3.8, 4) is 33.6 Å². The first-order valence-electron chi connectivity index (χ1n) is 14.0. The van der Waals surface area contributed by atoms with Gasteiger partial charge in [0, 0.05) is 37.9 Å². The Balaban J connectivity index is 0.000000207. The minimum atomic E-state index is -0.304. The van der Waals surface area contributed by atoms with Gasteiger partial charge in [-0.3, -0.25) is 0 Å². The molecule has 5 aromatic carbocycles. The number of rotatable bonds is 3. The molecule has 0 unspecified atom stereocenters. The fourth-order valence-electron chi connectivity index (χ4n) is 5.36. The number of pyridine rings is 2. The van der Waals surface area contributed by atoms with E-state index in [9.17, 15) is 0 Å². The van der Waals surface area contributed by atoms with E-state index in [0.29, 0.717) is 16.7 Å². The Bertz CT molecular complexity index is 2190. The molecule has 0 N–H and O–H groups in total. The molecule has 8 aromatic rings. The maximum atomic E-state index is 15.2. The second-order valence-electron chi connectivity index (χ2n) is 10.2. The van der Waals surface area contributed by atoms with Crippen LogP contribution >= 0.6 is 0 Å². The number of hydrogen-bond donors (Lipinski definition) is 0. The second-order valence-corrected chi connectivity index (χ2v) is 10.2. The van der Waals surface area contributed by atoms with Crippen LogP contribution in [0.2, 0.25) is 0 Å². The van der Waals surface area contributed by atoms with Gasteiger partial charge in [-0.1, -0.05) is 77.7 Å². The van der Waals surface area contributed by atoms with Crippen LogP contribution in [0.3, 0.4) is 0 Å². The van der Waals surface area contributed by atoms with Crippen molar-refractivity contribution in [2.75, 3.05) is 0 Å². The molecule has 3 nitrogen and oxygen atoms in total. The molecule has 8 rings (SSSR count). The molecule has 0 saturated heterocycles. The first-order chi connectivity index (χ1) is 21.2. The standard InChI is InChI=1S/C27H15FNO.C12H10N.Ir/c28-23-15-14-21-20-11-6-12-22(24-13-3-4-16-29-24)26(20)30-27(21)25(23)19-10-5-8-17-7-1-2-9-18(17)19;1-10-7-8-12(13-9-10)11-5-3-2-4-6-11;/h1-11,13-16H;2-5,7-9H,1H3;/q2*-1;. The van der Waals surface area contributed by atoms with Crippen LogP contribution in [0.25, 0.3) is 66.4 Å². The molecule has 3 aromatic heterocycles. The summed E-state index contributed by atoms with van der Waals surface area (Å²) in [5.41, 5.74) is 7.25. The van der Waals surface area contributed by atoms with Gasteiger partial charge >= 0.3 is 0 Å². The van der Waals surface area contributed by atoms with Crippen molar-refractivity contribution < 1.29 is 28.9 Å². The molecule has 0 aliphatic heterocycles. The number of halogens is 1. The number of hydrogen-bond acceptors (Lipinski definition) is 3.